The molecule has 0 aliphatic carbocycles. The number of para-hydroxylation sites is 1. The molecule has 0 atom stereocenters. The summed E-state index contributed by atoms with van der Waals surface area (Å²) in [6, 6.07) is 12.0. The maximum atomic E-state index is 12.7. The van der Waals surface area contributed by atoms with Crippen LogP contribution in [0.15, 0.2) is 42.6 Å². The lowest BCUT2D eigenvalue weighted by atomic mass is 10.1. The summed E-state index contributed by atoms with van der Waals surface area (Å²) in [5.41, 5.74) is 4.88. The molecule has 0 N–H and O–H groups in total. The number of hydrogen-bond donors (Lipinski definition) is 0. The maximum absolute atomic E-state index is 12.7. The van der Waals surface area contributed by atoms with Gasteiger partial charge in [0.15, 0.2) is 0 Å². The summed E-state index contributed by atoms with van der Waals surface area (Å²) in [5, 5.41) is 0. The SMILES string of the molecule is CC(=O)N(c1c(C)cccc1C)c1c(C(C)C)nc2ccccn12. The van der Waals surface area contributed by atoms with Crippen LogP contribution >= 0.6 is 0 Å². The van der Waals surface area contributed by atoms with Crippen molar-refractivity contribution in [2.24, 2.45) is 0 Å². The molecule has 0 saturated heterocycles. The van der Waals surface area contributed by atoms with E-state index in [4.69, 9.17) is 4.98 Å². The number of fused-ring (bicyclic) bond motifs is 1. The van der Waals surface area contributed by atoms with Gasteiger partial charge in [-0.05, 0) is 43.0 Å². The van der Waals surface area contributed by atoms with Crippen LogP contribution in [0.5, 0.6) is 0 Å². The van der Waals surface area contributed by atoms with Crippen molar-refractivity contribution in [2.75, 3.05) is 4.90 Å². The average molecular weight is 321 g/mol. The molecule has 1 aromatic carbocycles. The zero-order valence-electron chi connectivity index (χ0n) is 14.9. The van der Waals surface area contributed by atoms with E-state index >= 15 is 0 Å². The molecule has 0 spiro atoms. The second-order valence-corrected chi connectivity index (χ2v) is 6.50. The molecule has 24 heavy (non-hydrogen) atoms. The lowest BCUT2D eigenvalue weighted by molar-refractivity contribution is -0.115. The Balaban J connectivity index is 2.37. The normalized spacial score (nSPS) is 11.2. The van der Waals surface area contributed by atoms with Crippen LogP contribution in [-0.2, 0) is 4.79 Å². The quantitative estimate of drug-likeness (QED) is 0.697. The Morgan fingerprint density at radius 3 is 2.33 bits per heavy atom. The van der Waals surface area contributed by atoms with Gasteiger partial charge in [0.25, 0.3) is 0 Å². The van der Waals surface area contributed by atoms with Crippen molar-refractivity contribution in [1.29, 1.82) is 0 Å². The van der Waals surface area contributed by atoms with Crippen LogP contribution in [0.2, 0.25) is 0 Å². The van der Waals surface area contributed by atoms with Crippen molar-refractivity contribution >= 4 is 23.1 Å². The molecule has 3 aromatic rings. The first kappa shape index (κ1) is 16.2. The maximum Gasteiger partial charge on any atom is 0.229 e. The molecule has 0 fully saturated rings. The topological polar surface area (TPSA) is 37.6 Å². The van der Waals surface area contributed by atoms with Gasteiger partial charge in [-0.3, -0.25) is 14.1 Å². The van der Waals surface area contributed by atoms with Gasteiger partial charge in [0.05, 0.1) is 11.4 Å². The number of carbonyl (C=O) groups is 1. The molecule has 124 valence electrons. The van der Waals surface area contributed by atoms with Gasteiger partial charge in [-0.1, -0.05) is 38.1 Å². The van der Waals surface area contributed by atoms with Crippen molar-refractivity contribution in [2.45, 2.75) is 40.5 Å². The summed E-state index contributed by atoms with van der Waals surface area (Å²) in [4.78, 5) is 19.2. The lowest BCUT2D eigenvalue weighted by Gasteiger charge is -2.26. The van der Waals surface area contributed by atoms with Crippen molar-refractivity contribution < 1.29 is 4.79 Å². The Morgan fingerprint density at radius 1 is 1.08 bits per heavy atom. The third-order valence-electron chi connectivity index (χ3n) is 4.27. The fraction of sp³-hybridized carbons (Fsp3) is 0.300. The summed E-state index contributed by atoms with van der Waals surface area (Å²) < 4.78 is 2.00. The van der Waals surface area contributed by atoms with E-state index in [9.17, 15) is 4.79 Å². The first-order valence-corrected chi connectivity index (χ1v) is 8.25. The molecule has 2 aromatic heterocycles. The highest BCUT2D eigenvalue weighted by Gasteiger charge is 2.26. The van der Waals surface area contributed by atoms with Gasteiger partial charge >= 0.3 is 0 Å². The van der Waals surface area contributed by atoms with Crippen LogP contribution < -0.4 is 4.90 Å². The molecule has 0 unspecified atom stereocenters. The number of benzene rings is 1. The molecule has 0 radical (unpaired) electrons. The summed E-state index contributed by atoms with van der Waals surface area (Å²) in [5.74, 6) is 1.04. The average Bonchev–Trinajstić information content (AvgIpc) is 2.90. The predicted octanol–water partition coefficient (Wildman–Crippen LogP) is 4.76. The largest absolute Gasteiger partial charge is 0.285 e. The zero-order chi connectivity index (χ0) is 17.4. The fourth-order valence-electron chi connectivity index (χ4n) is 3.18. The molecule has 1 amide bonds. The molecule has 4 heteroatoms. The number of rotatable bonds is 3. The minimum Gasteiger partial charge on any atom is -0.285 e. The van der Waals surface area contributed by atoms with E-state index in [0.717, 1.165) is 34.0 Å². The number of anilines is 2. The molecule has 0 saturated carbocycles. The van der Waals surface area contributed by atoms with Crippen molar-refractivity contribution in [3.05, 3.63) is 59.4 Å². The number of aryl methyl sites for hydroxylation is 2. The Morgan fingerprint density at radius 2 is 1.75 bits per heavy atom. The fourth-order valence-corrected chi connectivity index (χ4v) is 3.18. The van der Waals surface area contributed by atoms with E-state index in [-0.39, 0.29) is 11.8 Å². The van der Waals surface area contributed by atoms with Gasteiger partial charge in [-0.15, -0.1) is 0 Å². The number of pyridine rings is 1. The first-order chi connectivity index (χ1) is 11.4. The third kappa shape index (κ3) is 2.58. The van der Waals surface area contributed by atoms with E-state index in [0.29, 0.717) is 0 Å². The molecule has 0 aliphatic rings. The smallest absolute Gasteiger partial charge is 0.229 e. The Bertz CT molecular complexity index is 888. The molecule has 3 rings (SSSR count). The summed E-state index contributed by atoms with van der Waals surface area (Å²) in [7, 11) is 0. The van der Waals surface area contributed by atoms with Gasteiger partial charge in [-0.25, -0.2) is 4.98 Å². The summed E-state index contributed by atoms with van der Waals surface area (Å²) in [6.07, 6.45) is 1.97. The number of aromatic nitrogens is 2. The van der Waals surface area contributed by atoms with Crippen molar-refractivity contribution in [3.63, 3.8) is 0 Å². The van der Waals surface area contributed by atoms with E-state index in [1.807, 2.05) is 60.8 Å². The van der Waals surface area contributed by atoms with E-state index in [1.165, 1.54) is 0 Å². The van der Waals surface area contributed by atoms with Crippen LogP contribution in [-0.4, -0.2) is 15.3 Å². The summed E-state index contributed by atoms with van der Waals surface area (Å²) >= 11 is 0. The van der Waals surface area contributed by atoms with Gasteiger partial charge in [0, 0.05) is 13.1 Å². The molecule has 2 heterocycles. The third-order valence-corrected chi connectivity index (χ3v) is 4.27. The molecular formula is C20H23N3O. The predicted molar refractivity (Wildman–Crippen MR) is 98.0 cm³/mol. The van der Waals surface area contributed by atoms with Crippen LogP contribution in [0, 0.1) is 13.8 Å². The van der Waals surface area contributed by atoms with Crippen LogP contribution in [0.1, 0.15) is 43.5 Å². The lowest BCUT2D eigenvalue weighted by Crippen LogP contribution is -2.27. The second-order valence-electron chi connectivity index (χ2n) is 6.50. The first-order valence-electron chi connectivity index (χ1n) is 8.25. The van der Waals surface area contributed by atoms with Crippen LogP contribution in [0.25, 0.3) is 5.65 Å². The number of carbonyl (C=O) groups excluding carboxylic acids is 1. The molecule has 0 bridgehead atoms. The number of amides is 1. The van der Waals surface area contributed by atoms with Crippen molar-refractivity contribution in [1.82, 2.24) is 9.38 Å². The zero-order valence-corrected chi connectivity index (χ0v) is 14.9. The summed E-state index contributed by atoms with van der Waals surface area (Å²) in [6.45, 7) is 9.90. The monoisotopic (exact) mass is 321 g/mol. The van der Waals surface area contributed by atoms with Crippen LogP contribution in [0.4, 0.5) is 11.5 Å². The van der Waals surface area contributed by atoms with Gasteiger partial charge < -0.3 is 0 Å². The number of hydrogen-bond acceptors (Lipinski definition) is 2. The Hall–Kier alpha value is -2.62. The highest BCUT2D eigenvalue weighted by Crippen LogP contribution is 2.36. The second kappa shape index (κ2) is 6.11. The van der Waals surface area contributed by atoms with Gasteiger partial charge in [0.2, 0.25) is 5.91 Å². The highest BCUT2D eigenvalue weighted by molar-refractivity contribution is 6.00. The standard InChI is InChI=1S/C20H23N3O/c1-13(2)18-20(22-12-7-6-11-17(22)21-18)23(16(5)24)19-14(3)9-8-10-15(19)4/h6-13H,1-5H3. The van der Waals surface area contributed by atoms with Gasteiger partial charge in [0.1, 0.15) is 11.5 Å². The number of nitrogens with zero attached hydrogens (tertiary/aromatic N) is 3. The van der Waals surface area contributed by atoms with E-state index < -0.39 is 0 Å². The van der Waals surface area contributed by atoms with Crippen molar-refractivity contribution in [3.8, 4) is 0 Å². The Kier molecular flexibility index (Phi) is 4.14. The van der Waals surface area contributed by atoms with Gasteiger partial charge in [-0.2, -0.15) is 0 Å². The molecule has 0 aliphatic heterocycles. The minimum absolute atomic E-state index is 0.0139. The molecular weight excluding hydrogens is 298 g/mol. The highest BCUT2D eigenvalue weighted by atomic mass is 16.2. The molecule has 4 nitrogen and oxygen atoms in total. The van der Waals surface area contributed by atoms with E-state index in [2.05, 4.69) is 13.8 Å². The van der Waals surface area contributed by atoms with Crippen LogP contribution in [0.3, 0.4) is 0 Å². The van der Waals surface area contributed by atoms with E-state index in [1.54, 1.807) is 11.8 Å². The Labute approximate surface area is 142 Å². The number of imidazole rings is 1. The minimum atomic E-state index is -0.0139.